The van der Waals surface area contributed by atoms with Crippen molar-refractivity contribution in [3.63, 3.8) is 0 Å². The quantitative estimate of drug-likeness (QED) is 0.508. The topological polar surface area (TPSA) is 64.3 Å². The number of cyclic esters (lactones) is 1. The molecule has 4 heteroatoms. The first-order valence-corrected chi connectivity index (χ1v) is 4.37. The molecule has 0 bridgehead atoms. The highest BCUT2D eigenvalue weighted by Crippen LogP contribution is 2.40. The van der Waals surface area contributed by atoms with Crippen LogP contribution in [0.3, 0.4) is 0 Å². The summed E-state index contributed by atoms with van der Waals surface area (Å²) in [6, 6.07) is 0. The second-order valence-electron chi connectivity index (χ2n) is 3.68. The maximum Gasteiger partial charge on any atom is 0.306 e. The molecule has 0 saturated carbocycles. The van der Waals surface area contributed by atoms with E-state index >= 15 is 0 Å². The van der Waals surface area contributed by atoms with Crippen LogP contribution in [0.4, 0.5) is 0 Å². The van der Waals surface area contributed by atoms with Gasteiger partial charge < -0.3 is 15.8 Å². The van der Waals surface area contributed by atoms with Gasteiger partial charge in [-0.3, -0.25) is 4.79 Å². The average Bonchev–Trinajstić information content (AvgIpc) is 2.60. The monoisotopic (exact) mass is 170 g/mol. The lowest BCUT2D eigenvalue weighted by Gasteiger charge is -2.25. The minimum atomic E-state index is -0.0887. The van der Waals surface area contributed by atoms with Crippen molar-refractivity contribution in [2.45, 2.75) is 18.9 Å². The van der Waals surface area contributed by atoms with Gasteiger partial charge in [0.2, 0.25) is 0 Å². The fourth-order valence-corrected chi connectivity index (χ4v) is 2.21. The van der Waals surface area contributed by atoms with Gasteiger partial charge in [-0.15, -0.1) is 0 Å². The maximum atomic E-state index is 11.1. The van der Waals surface area contributed by atoms with E-state index in [0.717, 1.165) is 19.5 Å². The summed E-state index contributed by atoms with van der Waals surface area (Å²) in [6.45, 7) is 2.31. The summed E-state index contributed by atoms with van der Waals surface area (Å²) < 4.78 is 5.14. The second kappa shape index (κ2) is 2.71. The molecule has 2 fully saturated rings. The van der Waals surface area contributed by atoms with Gasteiger partial charge in [-0.25, -0.2) is 0 Å². The lowest BCUT2D eigenvalue weighted by molar-refractivity contribution is -0.141. The third kappa shape index (κ3) is 1.03. The number of carbonyl (C=O) groups is 1. The van der Waals surface area contributed by atoms with Crippen LogP contribution in [0.5, 0.6) is 0 Å². The number of carbonyl (C=O) groups excluding carboxylic acids is 1. The number of esters is 1. The van der Waals surface area contributed by atoms with Crippen LogP contribution in [0.15, 0.2) is 0 Å². The normalized spacial score (nSPS) is 40.8. The van der Waals surface area contributed by atoms with E-state index in [4.69, 9.17) is 10.5 Å². The van der Waals surface area contributed by atoms with E-state index in [-0.39, 0.29) is 17.5 Å². The molecule has 2 unspecified atom stereocenters. The summed E-state index contributed by atoms with van der Waals surface area (Å²) in [5, 5.41) is 3.25. The highest BCUT2D eigenvalue weighted by atomic mass is 16.6. The molecule has 0 aromatic heterocycles. The first kappa shape index (κ1) is 8.01. The van der Waals surface area contributed by atoms with Gasteiger partial charge >= 0.3 is 5.97 Å². The molecule has 2 aliphatic heterocycles. The van der Waals surface area contributed by atoms with Gasteiger partial charge in [0.25, 0.3) is 0 Å². The number of hydrogen-bond donors (Lipinski definition) is 2. The summed E-state index contributed by atoms with van der Waals surface area (Å²) in [6.07, 6.45) is 1.50. The Morgan fingerprint density at radius 3 is 3.17 bits per heavy atom. The van der Waals surface area contributed by atoms with Crippen molar-refractivity contribution in [2.75, 3.05) is 19.6 Å². The number of nitrogens with one attached hydrogen (secondary N) is 1. The Hall–Kier alpha value is -0.610. The van der Waals surface area contributed by atoms with Crippen molar-refractivity contribution in [1.29, 1.82) is 0 Å². The van der Waals surface area contributed by atoms with Crippen LogP contribution in [-0.4, -0.2) is 31.7 Å². The van der Waals surface area contributed by atoms with E-state index in [0.29, 0.717) is 13.0 Å². The number of ether oxygens (including phenoxy) is 1. The summed E-state index contributed by atoms with van der Waals surface area (Å²) in [5.41, 5.74) is 5.57. The predicted octanol–water partition coefficient (Wildman–Crippen LogP) is -0.760. The second-order valence-corrected chi connectivity index (χ2v) is 3.68. The molecule has 68 valence electrons. The van der Waals surface area contributed by atoms with E-state index in [1.165, 1.54) is 0 Å². The van der Waals surface area contributed by atoms with Crippen LogP contribution in [-0.2, 0) is 9.53 Å². The van der Waals surface area contributed by atoms with E-state index in [1.54, 1.807) is 0 Å². The first-order chi connectivity index (χ1) is 5.77. The van der Waals surface area contributed by atoms with E-state index < -0.39 is 0 Å². The minimum Gasteiger partial charge on any atom is -0.460 e. The molecule has 3 N–H and O–H groups in total. The SMILES string of the molecule is NCC1OC(=O)CC12CCNC2. The molecule has 0 aliphatic carbocycles. The predicted molar refractivity (Wildman–Crippen MR) is 43.5 cm³/mol. The minimum absolute atomic E-state index is 0.0197. The molecule has 4 nitrogen and oxygen atoms in total. The highest BCUT2D eigenvalue weighted by molar-refractivity contribution is 5.73. The molecular formula is C8H14N2O2. The average molecular weight is 170 g/mol. The number of hydrogen-bond acceptors (Lipinski definition) is 4. The molecular weight excluding hydrogens is 156 g/mol. The van der Waals surface area contributed by atoms with Crippen molar-refractivity contribution >= 4 is 5.97 Å². The maximum absolute atomic E-state index is 11.1. The van der Waals surface area contributed by atoms with Gasteiger partial charge in [0.15, 0.2) is 0 Å². The molecule has 2 saturated heterocycles. The zero-order chi connectivity index (χ0) is 8.60. The van der Waals surface area contributed by atoms with Gasteiger partial charge in [-0.2, -0.15) is 0 Å². The van der Waals surface area contributed by atoms with Crippen LogP contribution >= 0.6 is 0 Å². The molecule has 2 atom stereocenters. The third-order valence-corrected chi connectivity index (χ3v) is 2.94. The summed E-state index contributed by atoms with van der Waals surface area (Å²) in [5.74, 6) is -0.0887. The first-order valence-electron chi connectivity index (χ1n) is 4.37. The molecule has 0 aromatic carbocycles. The number of nitrogens with two attached hydrogens (primary N) is 1. The van der Waals surface area contributed by atoms with Gasteiger partial charge in [-0.1, -0.05) is 0 Å². The molecule has 2 heterocycles. The standard InChI is InChI=1S/C8H14N2O2/c9-4-6-8(1-2-10-5-8)3-7(11)12-6/h6,10H,1-5,9H2. The molecule has 0 aromatic rings. The summed E-state index contributed by atoms with van der Waals surface area (Å²) in [4.78, 5) is 11.1. The Morgan fingerprint density at radius 1 is 1.75 bits per heavy atom. The highest BCUT2D eigenvalue weighted by Gasteiger charge is 2.49. The number of rotatable bonds is 1. The lowest BCUT2D eigenvalue weighted by Crippen LogP contribution is -2.38. The zero-order valence-electron chi connectivity index (χ0n) is 7.01. The van der Waals surface area contributed by atoms with Gasteiger partial charge in [0, 0.05) is 18.5 Å². The molecule has 0 radical (unpaired) electrons. The Balaban J connectivity index is 2.16. The van der Waals surface area contributed by atoms with E-state index in [1.807, 2.05) is 0 Å². The fourth-order valence-electron chi connectivity index (χ4n) is 2.21. The van der Waals surface area contributed by atoms with Crippen molar-refractivity contribution < 1.29 is 9.53 Å². The smallest absolute Gasteiger partial charge is 0.306 e. The van der Waals surface area contributed by atoms with E-state index in [2.05, 4.69) is 5.32 Å². The van der Waals surface area contributed by atoms with E-state index in [9.17, 15) is 4.79 Å². The Bertz CT molecular complexity index is 199. The van der Waals surface area contributed by atoms with Crippen molar-refractivity contribution in [1.82, 2.24) is 5.32 Å². The molecule has 2 rings (SSSR count). The van der Waals surface area contributed by atoms with Crippen LogP contribution in [0.25, 0.3) is 0 Å². The Labute approximate surface area is 71.4 Å². The lowest BCUT2D eigenvalue weighted by atomic mass is 9.80. The summed E-state index contributed by atoms with van der Waals surface area (Å²) >= 11 is 0. The molecule has 0 amide bonds. The Kier molecular flexibility index (Phi) is 1.81. The van der Waals surface area contributed by atoms with Crippen LogP contribution in [0.2, 0.25) is 0 Å². The Morgan fingerprint density at radius 2 is 2.58 bits per heavy atom. The molecule has 1 spiro atoms. The van der Waals surface area contributed by atoms with Gasteiger partial charge in [0.05, 0.1) is 6.42 Å². The molecule has 2 aliphatic rings. The van der Waals surface area contributed by atoms with Gasteiger partial charge in [-0.05, 0) is 13.0 Å². The van der Waals surface area contributed by atoms with Crippen LogP contribution in [0, 0.1) is 5.41 Å². The molecule has 12 heavy (non-hydrogen) atoms. The summed E-state index contributed by atoms with van der Waals surface area (Å²) in [7, 11) is 0. The fraction of sp³-hybridized carbons (Fsp3) is 0.875. The van der Waals surface area contributed by atoms with Gasteiger partial charge in [0.1, 0.15) is 6.10 Å². The van der Waals surface area contributed by atoms with Crippen LogP contribution in [0.1, 0.15) is 12.8 Å². The van der Waals surface area contributed by atoms with Crippen molar-refractivity contribution in [3.8, 4) is 0 Å². The van der Waals surface area contributed by atoms with Crippen LogP contribution < -0.4 is 11.1 Å². The third-order valence-electron chi connectivity index (χ3n) is 2.94. The van der Waals surface area contributed by atoms with Crippen molar-refractivity contribution in [3.05, 3.63) is 0 Å². The largest absolute Gasteiger partial charge is 0.460 e. The zero-order valence-corrected chi connectivity index (χ0v) is 7.01. The van der Waals surface area contributed by atoms with Crippen molar-refractivity contribution in [2.24, 2.45) is 11.1 Å².